The Balaban J connectivity index is 1.59. The molecule has 1 aromatic heterocycles. The lowest BCUT2D eigenvalue weighted by Gasteiger charge is -2.30. The highest BCUT2D eigenvalue weighted by molar-refractivity contribution is 5.87. The topological polar surface area (TPSA) is 79.5 Å². The molecule has 6 nitrogen and oxygen atoms in total. The van der Waals surface area contributed by atoms with Gasteiger partial charge >= 0.3 is 5.97 Å². The molecule has 1 aliphatic rings. The molecule has 0 bridgehead atoms. The number of carbonyl (C=O) groups is 1. The minimum atomic E-state index is -1.12. The SMILES string of the molecule is Cc1noc(C2CCN(Cc3ccc(C(=O)O)cc3F)CC2)n1. The third-order valence-electron chi connectivity index (χ3n) is 4.17. The molecule has 0 aliphatic carbocycles. The molecule has 23 heavy (non-hydrogen) atoms. The van der Waals surface area contributed by atoms with Crippen molar-refractivity contribution in [1.29, 1.82) is 0 Å². The molecular weight excluding hydrogens is 301 g/mol. The number of hydrogen-bond acceptors (Lipinski definition) is 5. The number of carboxylic acids is 1. The summed E-state index contributed by atoms with van der Waals surface area (Å²) in [6.45, 7) is 3.89. The molecule has 1 fully saturated rings. The fourth-order valence-electron chi connectivity index (χ4n) is 2.87. The summed E-state index contributed by atoms with van der Waals surface area (Å²) < 4.78 is 19.2. The predicted molar refractivity (Wildman–Crippen MR) is 79.6 cm³/mol. The van der Waals surface area contributed by atoms with Crippen LogP contribution in [-0.4, -0.2) is 39.2 Å². The summed E-state index contributed by atoms with van der Waals surface area (Å²) in [6.07, 6.45) is 1.77. The Hall–Kier alpha value is -2.28. The molecule has 1 N–H and O–H groups in total. The number of aromatic nitrogens is 2. The summed E-state index contributed by atoms with van der Waals surface area (Å²) in [5.41, 5.74) is 0.485. The number of rotatable bonds is 4. The fraction of sp³-hybridized carbons (Fsp3) is 0.438. The second-order valence-electron chi connectivity index (χ2n) is 5.84. The lowest BCUT2D eigenvalue weighted by atomic mass is 9.96. The summed E-state index contributed by atoms with van der Waals surface area (Å²) in [6, 6.07) is 4.06. The van der Waals surface area contributed by atoms with Crippen LogP contribution in [0.5, 0.6) is 0 Å². The molecule has 0 radical (unpaired) electrons. The van der Waals surface area contributed by atoms with Crippen molar-refractivity contribution in [2.24, 2.45) is 0 Å². The number of likely N-dealkylation sites (tertiary alicyclic amines) is 1. The van der Waals surface area contributed by atoms with Crippen LogP contribution >= 0.6 is 0 Å². The van der Waals surface area contributed by atoms with Gasteiger partial charge in [-0.25, -0.2) is 9.18 Å². The molecule has 0 atom stereocenters. The Morgan fingerprint density at radius 1 is 1.43 bits per heavy atom. The van der Waals surface area contributed by atoms with Crippen molar-refractivity contribution in [3.8, 4) is 0 Å². The van der Waals surface area contributed by atoms with Gasteiger partial charge in [0.25, 0.3) is 0 Å². The number of aryl methyl sites for hydroxylation is 1. The summed E-state index contributed by atoms with van der Waals surface area (Å²) in [4.78, 5) is 17.3. The van der Waals surface area contributed by atoms with E-state index in [1.807, 2.05) is 0 Å². The van der Waals surface area contributed by atoms with Crippen molar-refractivity contribution in [2.45, 2.75) is 32.2 Å². The Morgan fingerprint density at radius 3 is 2.74 bits per heavy atom. The van der Waals surface area contributed by atoms with Crippen LogP contribution in [0.4, 0.5) is 4.39 Å². The van der Waals surface area contributed by atoms with E-state index in [4.69, 9.17) is 9.63 Å². The van der Waals surface area contributed by atoms with Crippen LogP contribution in [0.25, 0.3) is 0 Å². The van der Waals surface area contributed by atoms with Crippen LogP contribution in [-0.2, 0) is 6.54 Å². The molecule has 0 saturated carbocycles. The Kier molecular flexibility index (Phi) is 4.38. The molecule has 0 amide bonds. The number of halogens is 1. The Morgan fingerprint density at radius 2 is 2.17 bits per heavy atom. The van der Waals surface area contributed by atoms with E-state index >= 15 is 0 Å². The number of carboxylic acid groups (broad SMARTS) is 1. The zero-order valence-electron chi connectivity index (χ0n) is 12.8. The average molecular weight is 319 g/mol. The monoisotopic (exact) mass is 319 g/mol. The fourth-order valence-corrected chi connectivity index (χ4v) is 2.87. The third-order valence-corrected chi connectivity index (χ3v) is 4.17. The van der Waals surface area contributed by atoms with E-state index in [0.717, 1.165) is 32.0 Å². The third kappa shape index (κ3) is 3.56. The number of hydrogen-bond donors (Lipinski definition) is 1. The maximum absolute atomic E-state index is 14.0. The van der Waals surface area contributed by atoms with Crippen molar-refractivity contribution in [1.82, 2.24) is 15.0 Å². The van der Waals surface area contributed by atoms with Gasteiger partial charge in [-0.2, -0.15) is 4.98 Å². The molecule has 1 aromatic carbocycles. The van der Waals surface area contributed by atoms with Crippen LogP contribution in [0.2, 0.25) is 0 Å². The van der Waals surface area contributed by atoms with E-state index in [1.165, 1.54) is 6.07 Å². The number of piperidine rings is 1. The van der Waals surface area contributed by atoms with Gasteiger partial charge in [0.1, 0.15) is 5.82 Å². The molecule has 0 unspecified atom stereocenters. The minimum Gasteiger partial charge on any atom is -0.478 e. The minimum absolute atomic E-state index is 0.0308. The van der Waals surface area contributed by atoms with Crippen LogP contribution in [0.15, 0.2) is 22.7 Å². The van der Waals surface area contributed by atoms with E-state index in [2.05, 4.69) is 15.0 Å². The first-order chi connectivity index (χ1) is 11.0. The van der Waals surface area contributed by atoms with Crippen molar-refractivity contribution in [3.05, 3.63) is 46.9 Å². The first-order valence-electron chi connectivity index (χ1n) is 7.57. The van der Waals surface area contributed by atoms with Gasteiger partial charge in [0.15, 0.2) is 5.82 Å². The number of benzene rings is 1. The molecular formula is C16H18FN3O3. The van der Waals surface area contributed by atoms with Crippen molar-refractivity contribution in [3.63, 3.8) is 0 Å². The predicted octanol–water partition coefficient (Wildman–Crippen LogP) is 2.59. The molecule has 7 heteroatoms. The lowest BCUT2D eigenvalue weighted by molar-refractivity contribution is 0.0696. The second-order valence-corrected chi connectivity index (χ2v) is 5.84. The van der Waals surface area contributed by atoms with Crippen LogP contribution < -0.4 is 0 Å². The zero-order valence-corrected chi connectivity index (χ0v) is 12.8. The molecule has 2 aromatic rings. The highest BCUT2D eigenvalue weighted by Crippen LogP contribution is 2.27. The van der Waals surface area contributed by atoms with Crippen molar-refractivity contribution >= 4 is 5.97 Å². The number of aromatic carboxylic acids is 1. The first kappa shape index (κ1) is 15.6. The van der Waals surface area contributed by atoms with Crippen molar-refractivity contribution in [2.75, 3.05) is 13.1 Å². The van der Waals surface area contributed by atoms with E-state index in [9.17, 15) is 9.18 Å². The Labute approximate surface area is 132 Å². The largest absolute Gasteiger partial charge is 0.478 e. The van der Waals surface area contributed by atoms with Gasteiger partial charge in [-0.05, 0) is 45.0 Å². The van der Waals surface area contributed by atoms with Gasteiger partial charge in [-0.15, -0.1) is 0 Å². The summed E-state index contributed by atoms with van der Waals surface area (Å²) in [5, 5.41) is 12.7. The van der Waals surface area contributed by atoms with Gasteiger partial charge < -0.3 is 9.63 Å². The maximum Gasteiger partial charge on any atom is 0.335 e. The van der Waals surface area contributed by atoms with Gasteiger partial charge in [0, 0.05) is 18.0 Å². The summed E-state index contributed by atoms with van der Waals surface area (Å²) in [7, 11) is 0. The van der Waals surface area contributed by atoms with E-state index in [-0.39, 0.29) is 11.5 Å². The quantitative estimate of drug-likeness (QED) is 0.933. The summed E-state index contributed by atoms with van der Waals surface area (Å²) >= 11 is 0. The van der Waals surface area contributed by atoms with Gasteiger partial charge in [0.05, 0.1) is 5.56 Å². The highest BCUT2D eigenvalue weighted by Gasteiger charge is 2.25. The zero-order chi connectivity index (χ0) is 16.4. The molecule has 1 aliphatic heterocycles. The number of nitrogens with zero attached hydrogens (tertiary/aromatic N) is 3. The molecule has 3 rings (SSSR count). The molecule has 0 spiro atoms. The summed E-state index contributed by atoms with van der Waals surface area (Å²) in [5.74, 6) is -0.0143. The van der Waals surface area contributed by atoms with Crippen molar-refractivity contribution < 1.29 is 18.8 Å². The van der Waals surface area contributed by atoms with Gasteiger partial charge in [0.2, 0.25) is 5.89 Å². The van der Waals surface area contributed by atoms with E-state index in [1.54, 1.807) is 13.0 Å². The lowest BCUT2D eigenvalue weighted by Crippen LogP contribution is -2.32. The Bertz CT molecular complexity index is 708. The van der Waals surface area contributed by atoms with Crippen LogP contribution in [0.3, 0.4) is 0 Å². The average Bonchev–Trinajstić information content (AvgIpc) is 2.96. The highest BCUT2D eigenvalue weighted by atomic mass is 19.1. The smallest absolute Gasteiger partial charge is 0.335 e. The van der Waals surface area contributed by atoms with Crippen LogP contribution in [0.1, 0.15) is 46.4 Å². The second kappa shape index (κ2) is 6.45. The molecule has 122 valence electrons. The van der Waals surface area contributed by atoms with E-state index < -0.39 is 11.8 Å². The van der Waals surface area contributed by atoms with E-state index in [0.29, 0.717) is 23.8 Å². The maximum atomic E-state index is 14.0. The van der Waals surface area contributed by atoms with Gasteiger partial charge in [-0.3, -0.25) is 4.90 Å². The standard InChI is InChI=1S/C16H18FN3O3/c1-10-18-15(23-19-10)11-4-6-20(7-5-11)9-13-3-2-12(16(21)22)8-14(13)17/h2-3,8,11H,4-7,9H2,1H3,(H,21,22). The molecule has 1 saturated heterocycles. The van der Waals surface area contributed by atoms with Gasteiger partial charge in [-0.1, -0.05) is 11.2 Å². The first-order valence-corrected chi connectivity index (χ1v) is 7.57. The molecule has 2 heterocycles. The van der Waals surface area contributed by atoms with Crippen LogP contribution in [0, 0.1) is 12.7 Å². The normalized spacial score (nSPS) is 16.6.